The topological polar surface area (TPSA) is 75.9 Å². The predicted octanol–water partition coefficient (Wildman–Crippen LogP) is 6.22. The summed E-state index contributed by atoms with van der Waals surface area (Å²) < 4.78 is 12.2. The maximum absolute atomic E-state index is 6.18. The first-order valence-corrected chi connectivity index (χ1v) is 11.1. The molecule has 1 N–H and O–H groups in total. The van der Waals surface area contributed by atoms with Gasteiger partial charge in [0.1, 0.15) is 22.5 Å². The number of aliphatic imine (C=N–C) groups is 2. The second kappa shape index (κ2) is 7.42. The first-order chi connectivity index (χ1) is 16.8. The van der Waals surface area contributed by atoms with E-state index in [0.29, 0.717) is 17.3 Å². The number of rotatable bonds is 3. The van der Waals surface area contributed by atoms with Crippen LogP contribution >= 0.6 is 0 Å². The molecule has 0 saturated carbocycles. The summed E-state index contributed by atoms with van der Waals surface area (Å²) in [7, 11) is 0. The number of oxazole rings is 1. The molecular weight excluding hydrogens is 424 g/mol. The van der Waals surface area contributed by atoms with Gasteiger partial charge in [0.2, 0.25) is 5.89 Å². The first-order valence-electron chi connectivity index (χ1n) is 11.1. The smallest absolute Gasteiger partial charge is 0.241 e. The van der Waals surface area contributed by atoms with Gasteiger partial charge in [0, 0.05) is 28.0 Å². The van der Waals surface area contributed by atoms with E-state index >= 15 is 0 Å². The number of hydrogen-bond donors (Lipinski definition) is 1. The molecule has 1 aliphatic rings. The molecule has 6 heteroatoms. The maximum Gasteiger partial charge on any atom is 0.241 e. The van der Waals surface area contributed by atoms with Gasteiger partial charge in [0.25, 0.3) is 0 Å². The van der Waals surface area contributed by atoms with E-state index < -0.39 is 6.17 Å². The molecule has 6 nitrogen and oxygen atoms in total. The average Bonchev–Trinajstić information content (AvgIpc) is 3.48. The number of benzene rings is 4. The molecule has 0 bridgehead atoms. The van der Waals surface area contributed by atoms with Gasteiger partial charge in [-0.05, 0) is 12.1 Å². The molecule has 34 heavy (non-hydrogen) atoms. The fourth-order valence-corrected chi connectivity index (χ4v) is 4.32. The summed E-state index contributed by atoms with van der Waals surface area (Å²) in [5.41, 5.74) is 4.94. The Morgan fingerprint density at radius 3 is 2.21 bits per heavy atom. The van der Waals surface area contributed by atoms with E-state index in [4.69, 9.17) is 23.8 Å². The van der Waals surface area contributed by atoms with Crippen molar-refractivity contribution in [1.29, 1.82) is 0 Å². The van der Waals surface area contributed by atoms with Crippen molar-refractivity contribution >= 4 is 44.7 Å². The molecule has 6 aromatic rings. The minimum Gasteiger partial charge on any atom is -0.456 e. The highest BCUT2D eigenvalue weighted by Crippen LogP contribution is 2.33. The molecule has 3 heterocycles. The molecule has 7 rings (SSSR count). The standard InChI is InChI=1S/C28H18N4O2/c1-3-9-17(10-4-1)25-30-26(18-11-5-2-6-12-18)32-27(31-25)28-29-21-15-20-19-13-7-8-14-22(19)33-23(20)16-24(21)34-28/h1-16,27H,(H,30,31,32). The zero-order valence-electron chi connectivity index (χ0n) is 18.0. The van der Waals surface area contributed by atoms with E-state index in [1.807, 2.05) is 91.0 Å². The Balaban J connectivity index is 1.35. The molecule has 0 amide bonds. The van der Waals surface area contributed by atoms with Crippen molar-refractivity contribution in [2.45, 2.75) is 6.17 Å². The van der Waals surface area contributed by atoms with Gasteiger partial charge in [-0.1, -0.05) is 78.9 Å². The lowest BCUT2D eigenvalue weighted by Crippen LogP contribution is -2.33. The van der Waals surface area contributed by atoms with Crippen LogP contribution in [0.25, 0.3) is 33.0 Å². The van der Waals surface area contributed by atoms with Gasteiger partial charge in [0.15, 0.2) is 17.6 Å². The summed E-state index contributed by atoms with van der Waals surface area (Å²) in [5, 5.41) is 5.47. The van der Waals surface area contributed by atoms with E-state index in [0.717, 1.165) is 44.4 Å². The van der Waals surface area contributed by atoms with Crippen molar-refractivity contribution < 1.29 is 8.83 Å². The van der Waals surface area contributed by atoms with Crippen LogP contribution in [0.1, 0.15) is 23.2 Å². The van der Waals surface area contributed by atoms with Gasteiger partial charge in [-0.3, -0.25) is 0 Å². The summed E-state index contributed by atoms with van der Waals surface area (Å²) in [6, 6.07) is 31.8. The van der Waals surface area contributed by atoms with Crippen LogP contribution in [0, 0.1) is 0 Å². The lowest BCUT2D eigenvalue weighted by Gasteiger charge is -2.21. The number of fused-ring (bicyclic) bond motifs is 4. The quantitative estimate of drug-likeness (QED) is 0.353. The van der Waals surface area contributed by atoms with Crippen LogP contribution in [0.4, 0.5) is 0 Å². The SMILES string of the molecule is c1ccc(C2=NC(c3nc4cc5c(cc4o3)oc3ccccc35)NC(c3ccccc3)=N2)cc1. The van der Waals surface area contributed by atoms with Crippen molar-refractivity contribution in [2.24, 2.45) is 9.98 Å². The number of aromatic nitrogens is 1. The molecule has 2 aromatic heterocycles. The van der Waals surface area contributed by atoms with Crippen molar-refractivity contribution in [3.05, 3.63) is 114 Å². The molecule has 0 saturated heterocycles. The summed E-state index contributed by atoms with van der Waals surface area (Å²) in [4.78, 5) is 14.4. The van der Waals surface area contributed by atoms with Gasteiger partial charge in [-0.2, -0.15) is 0 Å². The fraction of sp³-hybridized carbons (Fsp3) is 0.0357. The Labute approximate surface area is 194 Å². The second-order valence-electron chi connectivity index (χ2n) is 8.16. The molecule has 162 valence electrons. The largest absolute Gasteiger partial charge is 0.456 e. The highest BCUT2D eigenvalue weighted by atomic mass is 16.4. The molecule has 1 unspecified atom stereocenters. The monoisotopic (exact) mass is 442 g/mol. The van der Waals surface area contributed by atoms with Crippen LogP contribution < -0.4 is 5.32 Å². The normalized spacial score (nSPS) is 15.9. The lowest BCUT2D eigenvalue weighted by atomic mass is 10.1. The van der Waals surface area contributed by atoms with Crippen molar-refractivity contribution in [3.63, 3.8) is 0 Å². The third-order valence-corrected chi connectivity index (χ3v) is 5.96. The second-order valence-corrected chi connectivity index (χ2v) is 8.16. The lowest BCUT2D eigenvalue weighted by molar-refractivity contribution is 0.460. The van der Waals surface area contributed by atoms with E-state index in [9.17, 15) is 0 Å². The van der Waals surface area contributed by atoms with Crippen LogP contribution in [0.2, 0.25) is 0 Å². The third kappa shape index (κ3) is 3.08. The maximum atomic E-state index is 6.18. The number of nitrogens with zero attached hydrogens (tertiary/aromatic N) is 3. The minimum absolute atomic E-state index is 0.476. The zero-order chi connectivity index (χ0) is 22.5. The van der Waals surface area contributed by atoms with E-state index in [1.165, 1.54) is 0 Å². The summed E-state index contributed by atoms with van der Waals surface area (Å²) >= 11 is 0. The van der Waals surface area contributed by atoms with Crippen molar-refractivity contribution in [3.8, 4) is 0 Å². The molecule has 1 aliphatic heterocycles. The molecule has 0 spiro atoms. The van der Waals surface area contributed by atoms with Crippen LogP contribution in [-0.2, 0) is 0 Å². The highest BCUT2D eigenvalue weighted by Gasteiger charge is 2.25. The van der Waals surface area contributed by atoms with Gasteiger partial charge < -0.3 is 14.2 Å². The molecule has 4 aromatic carbocycles. The van der Waals surface area contributed by atoms with Crippen LogP contribution in [0.15, 0.2) is 116 Å². The average molecular weight is 442 g/mol. The Kier molecular flexibility index (Phi) is 4.11. The van der Waals surface area contributed by atoms with Crippen LogP contribution in [0.3, 0.4) is 0 Å². The Morgan fingerprint density at radius 2 is 1.38 bits per heavy atom. The number of hydrogen-bond acceptors (Lipinski definition) is 6. The van der Waals surface area contributed by atoms with E-state index in [1.54, 1.807) is 0 Å². The molecular formula is C28H18N4O2. The molecule has 0 aliphatic carbocycles. The zero-order valence-corrected chi connectivity index (χ0v) is 18.0. The Bertz CT molecular complexity index is 1730. The predicted molar refractivity (Wildman–Crippen MR) is 133 cm³/mol. The number of furan rings is 1. The minimum atomic E-state index is -0.515. The first kappa shape index (κ1) is 18.8. The molecule has 1 atom stereocenters. The van der Waals surface area contributed by atoms with Gasteiger partial charge in [0.05, 0.1) is 0 Å². The summed E-state index contributed by atoms with van der Waals surface area (Å²) in [6.45, 7) is 0. The Hall–Kier alpha value is -4.71. The van der Waals surface area contributed by atoms with Crippen LogP contribution in [-0.4, -0.2) is 16.7 Å². The summed E-state index contributed by atoms with van der Waals surface area (Å²) in [6.07, 6.45) is -0.515. The number of nitrogens with one attached hydrogen (secondary N) is 1. The fourth-order valence-electron chi connectivity index (χ4n) is 4.32. The van der Waals surface area contributed by atoms with Gasteiger partial charge in [-0.25, -0.2) is 15.0 Å². The van der Waals surface area contributed by atoms with Gasteiger partial charge >= 0.3 is 0 Å². The van der Waals surface area contributed by atoms with E-state index in [2.05, 4.69) is 11.4 Å². The molecule has 0 radical (unpaired) electrons. The third-order valence-electron chi connectivity index (χ3n) is 5.96. The van der Waals surface area contributed by atoms with E-state index in [-0.39, 0.29) is 0 Å². The highest BCUT2D eigenvalue weighted by molar-refractivity contribution is 6.13. The van der Waals surface area contributed by atoms with Gasteiger partial charge in [-0.15, -0.1) is 0 Å². The van der Waals surface area contributed by atoms with Crippen molar-refractivity contribution in [1.82, 2.24) is 10.3 Å². The molecule has 0 fully saturated rings. The summed E-state index contributed by atoms with van der Waals surface area (Å²) in [5.74, 6) is 1.83. The van der Waals surface area contributed by atoms with Crippen molar-refractivity contribution in [2.75, 3.05) is 0 Å². The number of amidine groups is 2. The van der Waals surface area contributed by atoms with Crippen LogP contribution in [0.5, 0.6) is 0 Å². The Morgan fingerprint density at radius 1 is 0.647 bits per heavy atom. The number of para-hydroxylation sites is 1.